The van der Waals surface area contributed by atoms with Crippen molar-refractivity contribution in [1.29, 1.82) is 0 Å². The average Bonchev–Trinajstić information content (AvgIpc) is 2.52. The smallest absolute Gasteiger partial charge is 0.417 e. The van der Waals surface area contributed by atoms with Crippen LogP contribution >= 0.6 is 11.6 Å². The minimum atomic E-state index is -4.47. The van der Waals surface area contributed by atoms with Crippen molar-refractivity contribution < 1.29 is 22.7 Å². The van der Waals surface area contributed by atoms with Gasteiger partial charge in [0.2, 0.25) is 0 Å². The molecular formula is C18H25ClF3N3O2. The summed E-state index contributed by atoms with van der Waals surface area (Å²) in [5, 5.41) is -0.0292. The predicted octanol–water partition coefficient (Wildman–Crippen LogP) is 4.84. The van der Waals surface area contributed by atoms with Crippen LogP contribution in [0.4, 0.5) is 23.8 Å². The van der Waals surface area contributed by atoms with Gasteiger partial charge < -0.3 is 14.5 Å². The van der Waals surface area contributed by atoms with Crippen LogP contribution in [0.1, 0.15) is 39.2 Å². The van der Waals surface area contributed by atoms with E-state index in [4.69, 9.17) is 16.3 Å². The Hall–Kier alpha value is -1.70. The van der Waals surface area contributed by atoms with Crippen LogP contribution in [0.2, 0.25) is 5.02 Å². The summed E-state index contributed by atoms with van der Waals surface area (Å²) >= 11 is 6.00. The lowest BCUT2D eigenvalue weighted by Crippen LogP contribution is -2.43. The molecule has 2 rings (SSSR count). The minimum absolute atomic E-state index is 0.0292. The first kappa shape index (κ1) is 21.6. The Morgan fingerprint density at radius 2 is 1.93 bits per heavy atom. The van der Waals surface area contributed by atoms with Crippen LogP contribution in [0.15, 0.2) is 12.3 Å². The lowest BCUT2D eigenvalue weighted by Gasteiger charge is -2.35. The zero-order valence-corrected chi connectivity index (χ0v) is 16.7. The predicted molar refractivity (Wildman–Crippen MR) is 98.1 cm³/mol. The normalized spacial score (nSPS) is 16.4. The van der Waals surface area contributed by atoms with E-state index in [2.05, 4.69) is 4.98 Å². The van der Waals surface area contributed by atoms with Crippen LogP contribution in [0, 0.1) is 5.92 Å². The Kier molecular flexibility index (Phi) is 6.50. The SMILES string of the molecule is CN(CC1CCN(C(=O)OC(C)(C)C)CC1)c1ncc(C(F)(F)F)cc1Cl. The zero-order chi connectivity index (χ0) is 20.4. The van der Waals surface area contributed by atoms with Crippen molar-refractivity contribution in [3.05, 3.63) is 22.8 Å². The van der Waals surface area contributed by atoms with Crippen LogP contribution in [0.3, 0.4) is 0 Å². The molecule has 0 aromatic carbocycles. The number of hydrogen-bond acceptors (Lipinski definition) is 4. The number of ether oxygens (including phenoxy) is 1. The molecule has 0 atom stereocenters. The van der Waals surface area contributed by atoms with Gasteiger partial charge in [0, 0.05) is 32.9 Å². The molecule has 27 heavy (non-hydrogen) atoms. The average molecular weight is 408 g/mol. The minimum Gasteiger partial charge on any atom is -0.444 e. The lowest BCUT2D eigenvalue weighted by atomic mass is 9.96. The number of alkyl halides is 3. The van der Waals surface area contributed by atoms with E-state index in [0.29, 0.717) is 25.5 Å². The Morgan fingerprint density at radius 3 is 2.41 bits per heavy atom. The second-order valence-electron chi connectivity index (χ2n) is 7.82. The van der Waals surface area contributed by atoms with Crippen molar-refractivity contribution in [2.24, 2.45) is 5.92 Å². The van der Waals surface area contributed by atoms with Crippen molar-refractivity contribution in [3.8, 4) is 0 Å². The molecule has 0 aliphatic carbocycles. The molecule has 1 saturated heterocycles. The van der Waals surface area contributed by atoms with Gasteiger partial charge in [-0.2, -0.15) is 13.2 Å². The van der Waals surface area contributed by atoms with Gasteiger partial charge in [0.1, 0.15) is 11.4 Å². The molecular weight excluding hydrogens is 383 g/mol. The van der Waals surface area contributed by atoms with E-state index < -0.39 is 17.3 Å². The molecule has 0 radical (unpaired) electrons. The quantitative estimate of drug-likeness (QED) is 0.719. The molecule has 1 amide bonds. The van der Waals surface area contributed by atoms with Gasteiger partial charge in [0.25, 0.3) is 0 Å². The molecule has 9 heteroatoms. The van der Waals surface area contributed by atoms with Gasteiger partial charge in [0.05, 0.1) is 10.6 Å². The van der Waals surface area contributed by atoms with Crippen molar-refractivity contribution in [1.82, 2.24) is 9.88 Å². The number of carbonyl (C=O) groups is 1. The molecule has 1 fully saturated rings. The van der Waals surface area contributed by atoms with Crippen LogP contribution in [-0.2, 0) is 10.9 Å². The molecule has 0 spiro atoms. The summed E-state index contributed by atoms with van der Waals surface area (Å²) in [4.78, 5) is 19.4. The fourth-order valence-corrected chi connectivity index (χ4v) is 3.28. The monoisotopic (exact) mass is 407 g/mol. The standard InChI is InChI=1S/C18H25ClF3N3O2/c1-17(2,3)27-16(26)25-7-5-12(6-8-25)11-24(4)15-14(19)9-13(10-23-15)18(20,21)22/h9-10,12H,5-8,11H2,1-4H3. The van der Waals surface area contributed by atoms with Gasteiger partial charge in [-0.1, -0.05) is 11.6 Å². The summed E-state index contributed by atoms with van der Waals surface area (Å²) in [7, 11) is 1.75. The number of amides is 1. The first-order chi connectivity index (χ1) is 12.4. The zero-order valence-electron chi connectivity index (χ0n) is 15.9. The van der Waals surface area contributed by atoms with Crippen LogP contribution < -0.4 is 4.90 Å². The third-order valence-corrected chi connectivity index (χ3v) is 4.59. The maximum atomic E-state index is 12.7. The first-order valence-corrected chi connectivity index (χ1v) is 9.16. The summed E-state index contributed by atoms with van der Waals surface area (Å²) < 4.78 is 43.5. The molecule has 152 valence electrons. The van der Waals surface area contributed by atoms with Crippen molar-refractivity contribution in [2.75, 3.05) is 31.6 Å². The van der Waals surface area contributed by atoms with Gasteiger partial charge in [-0.15, -0.1) is 0 Å². The third-order valence-electron chi connectivity index (χ3n) is 4.31. The highest BCUT2D eigenvalue weighted by Gasteiger charge is 2.32. The van der Waals surface area contributed by atoms with E-state index in [9.17, 15) is 18.0 Å². The fourth-order valence-electron chi connectivity index (χ4n) is 2.96. The molecule has 1 aromatic heterocycles. The van der Waals surface area contributed by atoms with Gasteiger partial charge >= 0.3 is 12.3 Å². The van der Waals surface area contributed by atoms with E-state index in [1.807, 2.05) is 20.8 Å². The number of halogens is 4. The summed E-state index contributed by atoms with van der Waals surface area (Å²) in [5.41, 5.74) is -1.39. The highest BCUT2D eigenvalue weighted by Crippen LogP contribution is 2.33. The molecule has 0 saturated carbocycles. The fraction of sp³-hybridized carbons (Fsp3) is 0.667. The third kappa shape index (κ3) is 6.16. The number of carbonyl (C=O) groups excluding carboxylic acids is 1. The molecule has 1 aliphatic heterocycles. The van der Waals surface area contributed by atoms with E-state index in [0.717, 1.165) is 25.1 Å². The summed E-state index contributed by atoms with van der Waals surface area (Å²) in [5.74, 6) is 0.605. The molecule has 0 N–H and O–H groups in total. The Bertz CT molecular complexity index is 669. The number of hydrogen-bond donors (Lipinski definition) is 0. The number of rotatable bonds is 3. The summed E-state index contributed by atoms with van der Waals surface area (Å²) in [6.45, 7) is 7.25. The molecule has 5 nitrogen and oxygen atoms in total. The Labute approximate surface area is 162 Å². The first-order valence-electron chi connectivity index (χ1n) is 8.78. The van der Waals surface area contributed by atoms with Gasteiger partial charge in [-0.05, 0) is 45.6 Å². The van der Waals surface area contributed by atoms with Crippen LogP contribution in [0.25, 0.3) is 0 Å². The van der Waals surface area contributed by atoms with Crippen LogP contribution in [0.5, 0.6) is 0 Å². The molecule has 1 aliphatic rings. The Balaban J connectivity index is 1.91. The highest BCUT2D eigenvalue weighted by atomic mass is 35.5. The molecule has 1 aromatic rings. The lowest BCUT2D eigenvalue weighted by molar-refractivity contribution is -0.137. The number of pyridine rings is 1. The highest BCUT2D eigenvalue weighted by molar-refractivity contribution is 6.33. The van der Waals surface area contributed by atoms with Crippen LogP contribution in [-0.4, -0.2) is 48.3 Å². The summed E-state index contributed by atoms with van der Waals surface area (Å²) in [6, 6.07) is 0.894. The second-order valence-corrected chi connectivity index (χ2v) is 8.23. The van der Waals surface area contributed by atoms with Crippen molar-refractivity contribution >= 4 is 23.5 Å². The molecule has 2 heterocycles. The van der Waals surface area contributed by atoms with E-state index >= 15 is 0 Å². The topological polar surface area (TPSA) is 45.7 Å². The van der Waals surface area contributed by atoms with Crippen molar-refractivity contribution in [2.45, 2.75) is 45.4 Å². The number of likely N-dealkylation sites (tertiary alicyclic amines) is 1. The van der Waals surface area contributed by atoms with E-state index in [1.54, 1.807) is 16.8 Å². The second kappa shape index (κ2) is 8.12. The summed E-state index contributed by atoms with van der Waals surface area (Å²) in [6.07, 6.45) is -2.43. The van der Waals surface area contributed by atoms with Gasteiger partial charge in [-0.25, -0.2) is 9.78 Å². The maximum absolute atomic E-state index is 12.7. The van der Waals surface area contributed by atoms with Crippen molar-refractivity contribution in [3.63, 3.8) is 0 Å². The molecule has 0 bridgehead atoms. The molecule has 0 unspecified atom stereocenters. The van der Waals surface area contributed by atoms with E-state index in [1.165, 1.54) is 0 Å². The Morgan fingerprint density at radius 1 is 1.33 bits per heavy atom. The van der Waals surface area contributed by atoms with E-state index in [-0.39, 0.29) is 17.0 Å². The number of piperidine rings is 1. The number of anilines is 1. The number of aromatic nitrogens is 1. The number of nitrogens with zero attached hydrogens (tertiary/aromatic N) is 3. The van der Waals surface area contributed by atoms with Gasteiger partial charge in [0.15, 0.2) is 0 Å². The maximum Gasteiger partial charge on any atom is 0.417 e. The van der Waals surface area contributed by atoms with Gasteiger partial charge in [-0.3, -0.25) is 0 Å². The largest absolute Gasteiger partial charge is 0.444 e.